The summed E-state index contributed by atoms with van der Waals surface area (Å²) >= 11 is 0. The van der Waals surface area contributed by atoms with Crippen LogP contribution < -0.4 is 10.1 Å². The Hall–Kier alpha value is -1.54. The van der Waals surface area contributed by atoms with Gasteiger partial charge in [-0.05, 0) is 41.7 Å². The third-order valence-corrected chi connectivity index (χ3v) is 4.61. The van der Waals surface area contributed by atoms with Crippen molar-refractivity contribution in [3.8, 4) is 5.75 Å². The van der Waals surface area contributed by atoms with E-state index in [4.69, 9.17) is 4.74 Å². The summed E-state index contributed by atoms with van der Waals surface area (Å²) in [5.74, 6) is 1.77. The van der Waals surface area contributed by atoms with Gasteiger partial charge in [-0.3, -0.25) is 0 Å². The van der Waals surface area contributed by atoms with Gasteiger partial charge in [-0.25, -0.2) is 0 Å². The molecule has 0 radical (unpaired) electrons. The van der Waals surface area contributed by atoms with Gasteiger partial charge in [-0.2, -0.15) is 0 Å². The van der Waals surface area contributed by atoms with Crippen molar-refractivity contribution in [1.29, 1.82) is 0 Å². The highest BCUT2D eigenvalue weighted by Gasteiger charge is 2.20. The van der Waals surface area contributed by atoms with Gasteiger partial charge in [0.1, 0.15) is 12.4 Å². The third kappa shape index (κ3) is 3.76. The molecule has 1 aliphatic carbocycles. The van der Waals surface area contributed by atoms with E-state index in [0.29, 0.717) is 6.04 Å². The molecule has 0 spiro atoms. The Kier molecular flexibility index (Phi) is 4.76. The van der Waals surface area contributed by atoms with Gasteiger partial charge in [0, 0.05) is 12.6 Å². The monoisotopic (exact) mass is 283 g/mol. The zero-order valence-electron chi connectivity index (χ0n) is 12.8. The summed E-state index contributed by atoms with van der Waals surface area (Å²) in [6, 6.07) is 15.4. The minimum Gasteiger partial charge on any atom is -0.492 e. The maximum atomic E-state index is 5.88. The first kappa shape index (κ1) is 14.4. The quantitative estimate of drug-likeness (QED) is 0.822. The molecule has 1 fully saturated rings. The molecule has 0 heterocycles. The second-order valence-corrected chi connectivity index (χ2v) is 6.18. The molecule has 2 aromatic rings. The van der Waals surface area contributed by atoms with Gasteiger partial charge in [0.05, 0.1) is 0 Å². The summed E-state index contributed by atoms with van der Waals surface area (Å²) in [6.45, 7) is 4.03. The first-order valence-corrected chi connectivity index (χ1v) is 8.18. The van der Waals surface area contributed by atoms with E-state index in [1.54, 1.807) is 0 Å². The van der Waals surface area contributed by atoms with Crippen LogP contribution in [0.1, 0.15) is 32.6 Å². The Balaban J connectivity index is 1.48. The molecule has 2 nitrogen and oxygen atoms in total. The van der Waals surface area contributed by atoms with Gasteiger partial charge in [-0.1, -0.05) is 50.1 Å². The van der Waals surface area contributed by atoms with Crippen LogP contribution in [0.25, 0.3) is 10.8 Å². The van der Waals surface area contributed by atoms with E-state index in [0.717, 1.165) is 24.8 Å². The van der Waals surface area contributed by atoms with E-state index in [2.05, 4.69) is 54.7 Å². The van der Waals surface area contributed by atoms with Gasteiger partial charge in [0.2, 0.25) is 0 Å². The molecule has 112 valence electrons. The number of hydrogen-bond donors (Lipinski definition) is 1. The molecule has 2 atom stereocenters. The number of rotatable bonds is 5. The largest absolute Gasteiger partial charge is 0.492 e. The van der Waals surface area contributed by atoms with Crippen LogP contribution in [0.4, 0.5) is 0 Å². The van der Waals surface area contributed by atoms with Crippen LogP contribution in [0.15, 0.2) is 42.5 Å². The summed E-state index contributed by atoms with van der Waals surface area (Å²) in [5, 5.41) is 6.16. The summed E-state index contributed by atoms with van der Waals surface area (Å²) in [4.78, 5) is 0. The Bertz CT molecular complexity index is 581. The standard InChI is InChI=1S/C19H25NO/c1-15-6-2-5-9-19(15)20-12-13-21-18-11-10-16-7-3-4-8-17(16)14-18/h3-4,7-8,10-11,14-15,19-20H,2,5-6,9,12-13H2,1H3. The predicted octanol–water partition coefficient (Wildman–Crippen LogP) is 4.39. The summed E-state index contributed by atoms with van der Waals surface area (Å²) in [7, 11) is 0. The molecular weight excluding hydrogens is 258 g/mol. The van der Waals surface area contributed by atoms with Gasteiger partial charge < -0.3 is 10.1 Å². The molecule has 21 heavy (non-hydrogen) atoms. The molecule has 0 bridgehead atoms. The number of ether oxygens (including phenoxy) is 1. The molecular formula is C19H25NO. The Morgan fingerprint density at radius 2 is 1.86 bits per heavy atom. The minimum absolute atomic E-state index is 0.680. The second-order valence-electron chi connectivity index (χ2n) is 6.18. The van der Waals surface area contributed by atoms with E-state index in [1.165, 1.54) is 36.5 Å². The average molecular weight is 283 g/mol. The lowest BCUT2D eigenvalue weighted by Gasteiger charge is -2.29. The fourth-order valence-electron chi connectivity index (χ4n) is 3.29. The number of hydrogen-bond acceptors (Lipinski definition) is 2. The lowest BCUT2D eigenvalue weighted by atomic mass is 9.86. The van der Waals surface area contributed by atoms with Crippen molar-refractivity contribution in [2.45, 2.75) is 38.6 Å². The van der Waals surface area contributed by atoms with Gasteiger partial charge in [0.15, 0.2) is 0 Å². The Morgan fingerprint density at radius 3 is 2.71 bits per heavy atom. The lowest BCUT2D eigenvalue weighted by molar-refractivity contribution is 0.251. The average Bonchev–Trinajstić information content (AvgIpc) is 2.53. The van der Waals surface area contributed by atoms with Crippen molar-refractivity contribution in [3.63, 3.8) is 0 Å². The Morgan fingerprint density at radius 1 is 1.05 bits per heavy atom. The van der Waals surface area contributed by atoms with Crippen LogP contribution in [0.3, 0.4) is 0 Å². The number of nitrogens with one attached hydrogen (secondary N) is 1. The molecule has 0 saturated heterocycles. The maximum absolute atomic E-state index is 5.88. The van der Waals surface area contributed by atoms with Crippen molar-refractivity contribution >= 4 is 10.8 Å². The molecule has 3 rings (SSSR count). The van der Waals surface area contributed by atoms with E-state index >= 15 is 0 Å². The highest BCUT2D eigenvalue weighted by molar-refractivity contribution is 5.83. The lowest BCUT2D eigenvalue weighted by Crippen LogP contribution is -2.39. The first-order valence-electron chi connectivity index (χ1n) is 8.18. The van der Waals surface area contributed by atoms with Crippen LogP contribution in [0.5, 0.6) is 5.75 Å². The number of benzene rings is 2. The van der Waals surface area contributed by atoms with E-state index in [1.807, 2.05) is 0 Å². The van der Waals surface area contributed by atoms with Crippen LogP contribution in [-0.4, -0.2) is 19.2 Å². The van der Waals surface area contributed by atoms with E-state index in [9.17, 15) is 0 Å². The summed E-state index contributed by atoms with van der Waals surface area (Å²) in [6.07, 6.45) is 5.45. The molecule has 1 aliphatic rings. The van der Waals surface area contributed by atoms with Crippen molar-refractivity contribution in [3.05, 3.63) is 42.5 Å². The SMILES string of the molecule is CC1CCCCC1NCCOc1ccc2ccccc2c1. The second kappa shape index (κ2) is 6.95. The normalized spacial score (nSPS) is 22.3. The van der Waals surface area contributed by atoms with Gasteiger partial charge in [0.25, 0.3) is 0 Å². The molecule has 2 aromatic carbocycles. The smallest absolute Gasteiger partial charge is 0.120 e. The fraction of sp³-hybridized carbons (Fsp3) is 0.474. The van der Waals surface area contributed by atoms with E-state index in [-0.39, 0.29) is 0 Å². The van der Waals surface area contributed by atoms with E-state index < -0.39 is 0 Å². The van der Waals surface area contributed by atoms with Crippen molar-refractivity contribution in [2.24, 2.45) is 5.92 Å². The minimum atomic E-state index is 0.680. The van der Waals surface area contributed by atoms with Crippen LogP contribution in [-0.2, 0) is 0 Å². The van der Waals surface area contributed by atoms with Gasteiger partial charge >= 0.3 is 0 Å². The van der Waals surface area contributed by atoms with Gasteiger partial charge in [-0.15, -0.1) is 0 Å². The first-order chi connectivity index (χ1) is 10.3. The van der Waals surface area contributed by atoms with Crippen LogP contribution in [0.2, 0.25) is 0 Å². The zero-order chi connectivity index (χ0) is 14.5. The highest BCUT2D eigenvalue weighted by Crippen LogP contribution is 2.23. The summed E-state index contributed by atoms with van der Waals surface area (Å²) < 4.78 is 5.88. The maximum Gasteiger partial charge on any atom is 0.120 e. The molecule has 0 aliphatic heterocycles. The topological polar surface area (TPSA) is 21.3 Å². The molecule has 0 aromatic heterocycles. The molecule has 1 saturated carbocycles. The zero-order valence-corrected chi connectivity index (χ0v) is 12.8. The molecule has 0 amide bonds. The third-order valence-electron chi connectivity index (χ3n) is 4.61. The molecule has 1 N–H and O–H groups in total. The highest BCUT2D eigenvalue weighted by atomic mass is 16.5. The van der Waals surface area contributed by atoms with Crippen LogP contribution >= 0.6 is 0 Å². The Labute approximate surface area is 127 Å². The summed E-state index contributed by atoms with van der Waals surface area (Å²) in [5.41, 5.74) is 0. The molecule has 2 heteroatoms. The van der Waals surface area contributed by atoms with Crippen molar-refractivity contribution < 1.29 is 4.74 Å². The predicted molar refractivity (Wildman–Crippen MR) is 88.9 cm³/mol. The molecule has 2 unspecified atom stereocenters. The van der Waals surface area contributed by atoms with Crippen molar-refractivity contribution in [1.82, 2.24) is 5.32 Å². The van der Waals surface area contributed by atoms with Crippen LogP contribution in [0, 0.1) is 5.92 Å². The van der Waals surface area contributed by atoms with Crippen molar-refractivity contribution in [2.75, 3.05) is 13.2 Å². The fourth-order valence-corrected chi connectivity index (χ4v) is 3.29. The number of fused-ring (bicyclic) bond motifs is 1.